The van der Waals surface area contributed by atoms with Crippen molar-refractivity contribution in [2.45, 2.75) is 11.7 Å². The molecule has 27 heavy (non-hydrogen) atoms. The number of carbonyl (C=O) groups is 2. The average molecular weight is 421 g/mol. The summed E-state index contributed by atoms with van der Waals surface area (Å²) in [6.07, 6.45) is 1.59. The predicted molar refractivity (Wildman–Crippen MR) is 111 cm³/mol. The van der Waals surface area contributed by atoms with Gasteiger partial charge in [0.1, 0.15) is 5.25 Å². The first-order valence-corrected chi connectivity index (χ1v) is 9.53. The van der Waals surface area contributed by atoms with Crippen molar-refractivity contribution in [1.29, 1.82) is 0 Å². The maximum Gasteiger partial charge on any atom is 0.240 e. The second kappa shape index (κ2) is 9.03. The van der Waals surface area contributed by atoms with Gasteiger partial charge >= 0.3 is 0 Å². The molecule has 9 heteroatoms. The second-order valence-corrected chi connectivity index (χ2v) is 7.54. The number of anilines is 1. The van der Waals surface area contributed by atoms with Crippen LogP contribution in [0.4, 0.5) is 5.69 Å². The summed E-state index contributed by atoms with van der Waals surface area (Å²) in [5, 5.41) is 13.8. The molecular formula is C18H14Cl2N4O2S. The van der Waals surface area contributed by atoms with Crippen molar-refractivity contribution in [1.82, 2.24) is 5.32 Å². The molecule has 0 radical (unpaired) electrons. The fourth-order valence-corrected chi connectivity index (χ4v) is 3.45. The van der Waals surface area contributed by atoms with Crippen LogP contribution in [0.25, 0.3) is 0 Å². The number of hydrogen-bond donors (Lipinski definition) is 2. The van der Waals surface area contributed by atoms with E-state index >= 15 is 0 Å². The number of halogens is 2. The maximum absolute atomic E-state index is 12.2. The van der Waals surface area contributed by atoms with Crippen LogP contribution in [0.2, 0.25) is 10.0 Å². The van der Waals surface area contributed by atoms with E-state index in [4.69, 9.17) is 23.2 Å². The zero-order valence-electron chi connectivity index (χ0n) is 13.9. The Morgan fingerprint density at radius 1 is 1.19 bits per heavy atom. The van der Waals surface area contributed by atoms with Crippen LogP contribution in [0.3, 0.4) is 0 Å². The molecule has 1 heterocycles. The summed E-state index contributed by atoms with van der Waals surface area (Å²) in [5.41, 5.74) is 1.41. The normalized spacial score (nSPS) is 18.1. The molecule has 0 aliphatic carbocycles. The molecule has 1 atom stereocenters. The highest BCUT2D eigenvalue weighted by Crippen LogP contribution is 2.26. The van der Waals surface area contributed by atoms with E-state index in [-0.39, 0.29) is 18.2 Å². The van der Waals surface area contributed by atoms with Crippen LogP contribution in [0.5, 0.6) is 0 Å². The lowest BCUT2D eigenvalue weighted by atomic mass is 10.2. The predicted octanol–water partition coefficient (Wildman–Crippen LogP) is 3.94. The van der Waals surface area contributed by atoms with Crippen molar-refractivity contribution < 1.29 is 9.59 Å². The van der Waals surface area contributed by atoms with Crippen LogP contribution in [0, 0.1) is 0 Å². The van der Waals surface area contributed by atoms with E-state index in [2.05, 4.69) is 20.8 Å². The standard InChI is InChI=1S/C18H14Cl2N4O2S/c19-13-7-6-12(8-14(13)20)22-16(25)9-15-17(26)23-18(27-15)24-21-10-11-4-2-1-3-5-11/h1-8,10,15H,9H2,(H,22,25)(H,23,24,26)/b21-10-/t15-/m1/s1. The largest absolute Gasteiger partial charge is 0.326 e. The van der Waals surface area contributed by atoms with Gasteiger partial charge in [-0.25, -0.2) is 0 Å². The van der Waals surface area contributed by atoms with Gasteiger partial charge in [-0.15, -0.1) is 5.10 Å². The molecule has 2 aromatic rings. The van der Waals surface area contributed by atoms with Gasteiger partial charge in [0.05, 0.1) is 16.3 Å². The minimum Gasteiger partial charge on any atom is -0.326 e. The number of hydrogen-bond acceptors (Lipinski definition) is 5. The van der Waals surface area contributed by atoms with Crippen LogP contribution < -0.4 is 10.6 Å². The first-order chi connectivity index (χ1) is 13.0. The molecule has 0 spiro atoms. The molecule has 3 rings (SSSR count). The molecule has 0 bridgehead atoms. The van der Waals surface area contributed by atoms with Gasteiger partial charge < -0.3 is 10.6 Å². The van der Waals surface area contributed by atoms with Crippen molar-refractivity contribution in [3.05, 3.63) is 64.1 Å². The molecular weight excluding hydrogens is 407 g/mol. The van der Waals surface area contributed by atoms with Crippen LogP contribution in [-0.2, 0) is 9.59 Å². The Hall–Kier alpha value is -2.35. The van der Waals surface area contributed by atoms with Gasteiger partial charge in [0, 0.05) is 12.1 Å². The monoisotopic (exact) mass is 420 g/mol. The Labute approximate surface area is 170 Å². The van der Waals surface area contributed by atoms with Crippen molar-refractivity contribution in [2.75, 3.05) is 5.32 Å². The molecule has 6 nitrogen and oxygen atoms in total. The minimum absolute atomic E-state index is 0.00182. The van der Waals surface area contributed by atoms with Gasteiger partial charge in [-0.2, -0.15) is 5.10 Å². The topological polar surface area (TPSA) is 82.9 Å². The summed E-state index contributed by atoms with van der Waals surface area (Å²) < 4.78 is 0. The summed E-state index contributed by atoms with van der Waals surface area (Å²) >= 11 is 12.9. The molecule has 1 saturated heterocycles. The Morgan fingerprint density at radius 2 is 1.96 bits per heavy atom. The lowest BCUT2D eigenvalue weighted by Gasteiger charge is -2.08. The van der Waals surface area contributed by atoms with Gasteiger partial charge in [-0.3, -0.25) is 9.59 Å². The Bertz CT molecular complexity index is 919. The zero-order chi connectivity index (χ0) is 19.2. The quantitative estimate of drug-likeness (QED) is 0.567. The van der Waals surface area contributed by atoms with E-state index in [1.807, 2.05) is 30.3 Å². The third kappa shape index (κ3) is 5.56. The van der Waals surface area contributed by atoms with Crippen molar-refractivity contribution in [3.8, 4) is 0 Å². The van der Waals surface area contributed by atoms with Gasteiger partial charge in [-0.05, 0) is 23.8 Å². The number of nitrogens with zero attached hydrogens (tertiary/aromatic N) is 2. The summed E-state index contributed by atoms with van der Waals surface area (Å²) in [5.74, 6) is -0.590. The third-order valence-corrected chi connectivity index (χ3v) is 5.32. The molecule has 2 amide bonds. The Balaban J connectivity index is 1.55. The number of carbonyl (C=O) groups excluding carboxylic acids is 2. The fraction of sp³-hybridized carbons (Fsp3) is 0.111. The van der Waals surface area contributed by atoms with E-state index in [1.54, 1.807) is 24.4 Å². The molecule has 1 aliphatic heterocycles. The van der Waals surface area contributed by atoms with E-state index in [0.717, 1.165) is 5.56 Å². The smallest absolute Gasteiger partial charge is 0.240 e. The lowest BCUT2D eigenvalue weighted by Crippen LogP contribution is -2.28. The van der Waals surface area contributed by atoms with Gasteiger partial charge in [0.2, 0.25) is 11.8 Å². The summed E-state index contributed by atoms with van der Waals surface area (Å²) in [6, 6.07) is 14.2. The molecule has 0 unspecified atom stereocenters. The van der Waals surface area contributed by atoms with Crippen LogP contribution >= 0.6 is 35.0 Å². The number of benzene rings is 2. The Kier molecular flexibility index (Phi) is 6.49. The number of amides is 2. The molecule has 2 N–H and O–H groups in total. The van der Waals surface area contributed by atoms with Crippen molar-refractivity contribution in [2.24, 2.45) is 10.2 Å². The highest BCUT2D eigenvalue weighted by molar-refractivity contribution is 8.15. The van der Waals surface area contributed by atoms with Crippen LogP contribution in [0.15, 0.2) is 58.7 Å². The van der Waals surface area contributed by atoms with Gasteiger partial charge in [0.15, 0.2) is 5.17 Å². The van der Waals surface area contributed by atoms with E-state index in [1.165, 1.54) is 11.8 Å². The van der Waals surface area contributed by atoms with E-state index < -0.39 is 5.25 Å². The molecule has 0 aromatic heterocycles. The number of rotatable bonds is 5. The molecule has 1 fully saturated rings. The average Bonchev–Trinajstić information content (AvgIpc) is 2.98. The molecule has 0 saturated carbocycles. The second-order valence-electron chi connectivity index (χ2n) is 5.54. The SMILES string of the molecule is O=C(C[C@H]1S/C(=N/N=C\c2ccccc2)NC1=O)Nc1ccc(Cl)c(Cl)c1. The maximum atomic E-state index is 12.2. The number of amidine groups is 1. The highest BCUT2D eigenvalue weighted by Gasteiger charge is 2.32. The highest BCUT2D eigenvalue weighted by atomic mass is 35.5. The van der Waals surface area contributed by atoms with Crippen molar-refractivity contribution >= 4 is 63.8 Å². The fourth-order valence-electron chi connectivity index (χ4n) is 2.23. The number of nitrogens with one attached hydrogen (secondary N) is 2. The van der Waals surface area contributed by atoms with Gasteiger partial charge in [0.25, 0.3) is 0 Å². The molecule has 2 aromatic carbocycles. The van der Waals surface area contributed by atoms with Crippen LogP contribution in [0.1, 0.15) is 12.0 Å². The summed E-state index contributed by atoms with van der Waals surface area (Å²) in [7, 11) is 0. The molecule has 138 valence electrons. The van der Waals surface area contributed by atoms with Gasteiger partial charge in [-0.1, -0.05) is 65.3 Å². The Morgan fingerprint density at radius 3 is 2.70 bits per heavy atom. The number of thioether (sulfide) groups is 1. The third-order valence-electron chi connectivity index (χ3n) is 3.51. The van der Waals surface area contributed by atoms with Crippen LogP contribution in [-0.4, -0.2) is 28.4 Å². The lowest BCUT2D eigenvalue weighted by molar-refractivity contribution is -0.122. The first-order valence-electron chi connectivity index (χ1n) is 7.90. The van der Waals surface area contributed by atoms with E-state index in [9.17, 15) is 9.59 Å². The minimum atomic E-state index is -0.571. The summed E-state index contributed by atoms with van der Waals surface area (Å²) in [4.78, 5) is 24.2. The first kappa shape index (κ1) is 19.4. The molecule has 1 aliphatic rings. The summed E-state index contributed by atoms with van der Waals surface area (Å²) in [6.45, 7) is 0. The zero-order valence-corrected chi connectivity index (χ0v) is 16.2. The van der Waals surface area contributed by atoms with Crippen molar-refractivity contribution in [3.63, 3.8) is 0 Å². The van der Waals surface area contributed by atoms with E-state index in [0.29, 0.717) is 20.9 Å².